The van der Waals surface area contributed by atoms with Gasteiger partial charge in [0.1, 0.15) is 11.5 Å². The van der Waals surface area contributed by atoms with Crippen molar-refractivity contribution < 1.29 is 9.26 Å². The molecule has 6 nitrogen and oxygen atoms in total. The molecule has 1 saturated heterocycles. The molecule has 6 heteroatoms. The molecule has 1 fully saturated rings. The van der Waals surface area contributed by atoms with Gasteiger partial charge in [0.2, 0.25) is 0 Å². The van der Waals surface area contributed by atoms with Crippen LogP contribution in [-0.4, -0.2) is 33.9 Å². The number of aryl methyl sites for hydroxylation is 2. The number of benzene rings is 1. The topological polar surface area (TPSA) is 67.2 Å². The molecule has 1 aliphatic heterocycles. The lowest BCUT2D eigenvalue weighted by Gasteiger charge is -2.24. The van der Waals surface area contributed by atoms with Crippen molar-refractivity contribution in [3.8, 4) is 17.0 Å². The quantitative estimate of drug-likeness (QED) is 0.751. The first-order chi connectivity index (χ1) is 12.7. The van der Waals surface area contributed by atoms with Gasteiger partial charge in [-0.25, -0.2) is 0 Å². The molecule has 0 radical (unpaired) electrons. The number of nitrogens with zero attached hydrogens (tertiary/aromatic N) is 3. The van der Waals surface area contributed by atoms with Crippen LogP contribution in [0.3, 0.4) is 0 Å². The third kappa shape index (κ3) is 3.01. The number of aromatic nitrogens is 3. The van der Waals surface area contributed by atoms with Gasteiger partial charge in [-0.05, 0) is 57.5 Å². The minimum atomic E-state index is 0.361. The molecular formula is C20H24N4O2. The Morgan fingerprint density at radius 2 is 2.08 bits per heavy atom. The lowest BCUT2D eigenvalue weighted by atomic mass is 10.0. The van der Waals surface area contributed by atoms with E-state index in [9.17, 15) is 0 Å². The Bertz CT molecular complexity index is 862. The second-order valence-electron chi connectivity index (χ2n) is 6.87. The molecule has 2 aromatic heterocycles. The summed E-state index contributed by atoms with van der Waals surface area (Å²) in [5, 5.41) is 11.6. The van der Waals surface area contributed by atoms with Crippen LogP contribution < -0.4 is 4.74 Å². The van der Waals surface area contributed by atoms with Crippen LogP contribution in [0.15, 0.2) is 35.0 Å². The fourth-order valence-electron chi connectivity index (χ4n) is 3.97. The predicted octanol–water partition coefficient (Wildman–Crippen LogP) is 4.03. The van der Waals surface area contributed by atoms with Gasteiger partial charge < -0.3 is 9.26 Å². The fourth-order valence-corrected chi connectivity index (χ4v) is 3.97. The van der Waals surface area contributed by atoms with Gasteiger partial charge in [-0.3, -0.25) is 10.00 Å². The Kier molecular flexibility index (Phi) is 4.51. The van der Waals surface area contributed by atoms with Gasteiger partial charge in [0.25, 0.3) is 0 Å². The maximum atomic E-state index is 5.40. The van der Waals surface area contributed by atoms with E-state index >= 15 is 0 Å². The Morgan fingerprint density at radius 3 is 2.77 bits per heavy atom. The van der Waals surface area contributed by atoms with Crippen molar-refractivity contribution in [3.05, 3.63) is 53.0 Å². The van der Waals surface area contributed by atoms with Crippen molar-refractivity contribution in [1.82, 2.24) is 20.3 Å². The Labute approximate surface area is 153 Å². The van der Waals surface area contributed by atoms with Crippen molar-refractivity contribution in [3.63, 3.8) is 0 Å². The SMILES string of the molecule is COc1ccc(-c2[nH]ncc2CN2CCC[C@@H]2c2c(C)noc2C)cc1. The first-order valence-corrected chi connectivity index (χ1v) is 9.01. The lowest BCUT2D eigenvalue weighted by Crippen LogP contribution is -2.23. The molecule has 4 rings (SSSR count). The minimum Gasteiger partial charge on any atom is -0.497 e. The summed E-state index contributed by atoms with van der Waals surface area (Å²) in [7, 11) is 1.68. The highest BCUT2D eigenvalue weighted by Crippen LogP contribution is 2.37. The van der Waals surface area contributed by atoms with Gasteiger partial charge in [-0.2, -0.15) is 5.10 Å². The summed E-state index contributed by atoms with van der Waals surface area (Å²) in [4.78, 5) is 2.50. The van der Waals surface area contributed by atoms with Gasteiger partial charge >= 0.3 is 0 Å². The second kappa shape index (κ2) is 6.96. The summed E-state index contributed by atoms with van der Waals surface area (Å²) in [5.74, 6) is 1.79. The highest BCUT2D eigenvalue weighted by molar-refractivity contribution is 5.63. The number of nitrogens with one attached hydrogen (secondary N) is 1. The van der Waals surface area contributed by atoms with Gasteiger partial charge in [0, 0.05) is 29.3 Å². The average Bonchev–Trinajstić information content (AvgIpc) is 3.37. The number of ether oxygens (including phenoxy) is 1. The van der Waals surface area contributed by atoms with Gasteiger partial charge in [0.15, 0.2) is 0 Å². The van der Waals surface area contributed by atoms with E-state index in [1.165, 1.54) is 17.5 Å². The molecule has 3 heterocycles. The number of likely N-dealkylation sites (tertiary alicyclic amines) is 1. The Morgan fingerprint density at radius 1 is 1.27 bits per heavy atom. The molecule has 1 aromatic carbocycles. The summed E-state index contributed by atoms with van der Waals surface area (Å²) >= 11 is 0. The van der Waals surface area contributed by atoms with Crippen molar-refractivity contribution in [2.24, 2.45) is 0 Å². The predicted molar refractivity (Wildman–Crippen MR) is 98.9 cm³/mol. The number of aromatic amines is 1. The molecule has 3 aromatic rings. The highest BCUT2D eigenvalue weighted by Gasteiger charge is 2.31. The molecule has 26 heavy (non-hydrogen) atoms. The van der Waals surface area contributed by atoms with Crippen molar-refractivity contribution in [2.75, 3.05) is 13.7 Å². The molecule has 136 valence electrons. The van der Waals surface area contributed by atoms with E-state index in [4.69, 9.17) is 9.26 Å². The molecule has 0 bridgehead atoms. The van der Waals surface area contributed by atoms with Crippen molar-refractivity contribution in [2.45, 2.75) is 39.3 Å². The second-order valence-corrected chi connectivity index (χ2v) is 6.87. The van der Waals surface area contributed by atoms with Crippen LogP contribution in [0.25, 0.3) is 11.3 Å². The van der Waals surface area contributed by atoms with Gasteiger partial charge in [0.05, 0.1) is 24.7 Å². The van der Waals surface area contributed by atoms with Crippen LogP contribution >= 0.6 is 0 Å². The number of hydrogen-bond acceptors (Lipinski definition) is 5. The molecule has 1 N–H and O–H groups in total. The van der Waals surface area contributed by atoms with E-state index in [2.05, 4.69) is 32.4 Å². The van der Waals surface area contributed by atoms with Crippen LogP contribution in [0.4, 0.5) is 0 Å². The van der Waals surface area contributed by atoms with E-state index < -0.39 is 0 Å². The summed E-state index contributed by atoms with van der Waals surface area (Å²) < 4.78 is 10.7. The third-order valence-corrected chi connectivity index (χ3v) is 5.26. The molecule has 0 saturated carbocycles. The maximum absolute atomic E-state index is 5.40. The summed E-state index contributed by atoms with van der Waals surface area (Å²) in [6, 6.07) is 8.43. The molecule has 0 unspecified atom stereocenters. The van der Waals surface area contributed by atoms with Crippen LogP contribution in [0.2, 0.25) is 0 Å². The fraction of sp³-hybridized carbons (Fsp3) is 0.400. The first-order valence-electron chi connectivity index (χ1n) is 9.01. The maximum Gasteiger partial charge on any atom is 0.138 e. The van der Waals surface area contributed by atoms with Crippen LogP contribution in [-0.2, 0) is 6.54 Å². The molecule has 1 atom stereocenters. The van der Waals surface area contributed by atoms with Crippen LogP contribution in [0.5, 0.6) is 5.75 Å². The van der Waals surface area contributed by atoms with E-state index in [1.54, 1.807) is 7.11 Å². The number of H-pyrrole nitrogens is 1. The van der Waals surface area contributed by atoms with Crippen LogP contribution in [0.1, 0.15) is 41.5 Å². The Balaban J connectivity index is 1.59. The van der Waals surface area contributed by atoms with Crippen LogP contribution in [0, 0.1) is 13.8 Å². The van der Waals surface area contributed by atoms with E-state index in [0.29, 0.717) is 6.04 Å². The zero-order valence-electron chi connectivity index (χ0n) is 15.5. The minimum absolute atomic E-state index is 0.361. The molecule has 0 spiro atoms. The molecule has 1 aliphatic rings. The average molecular weight is 352 g/mol. The van der Waals surface area contributed by atoms with Crippen molar-refractivity contribution >= 4 is 0 Å². The monoisotopic (exact) mass is 352 g/mol. The zero-order chi connectivity index (χ0) is 18.1. The number of hydrogen-bond donors (Lipinski definition) is 1. The molecule has 0 amide bonds. The highest BCUT2D eigenvalue weighted by atomic mass is 16.5. The van der Waals surface area contributed by atoms with E-state index in [0.717, 1.165) is 48.0 Å². The first kappa shape index (κ1) is 16.8. The smallest absolute Gasteiger partial charge is 0.138 e. The largest absolute Gasteiger partial charge is 0.497 e. The van der Waals surface area contributed by atoms with E-state index in [-0.39, 0.29) is 0 Å². The lowest BCUT2D eigenvalue weighted by molar-refractivity contribution is 0.246. The number of methoxy groups -OCH3 is 1. The van der Waals surface area contributed by atoms with E-state index in [1.807, 2.05) is 32.2 Å². The molecular weight excluding hydrogens is 328 g/mol. The summed E-state index contributed by atoms with van der Waals surface area (Å²) in [6.07, 6.45) is 4.26. The number of rotatable bonds is 5. The molecule has 0 aliphatic carbocycles. The standard InChI is InChI=1S/C20H24N4O2/c1-13-19(14(2)26-23-13)18-5-4-10-24(18)12-16-11-21-22-20(16)15-6-8-17(25-3)9-7-15/h6-9,11,18H,4-5,10,12H2,1-3H3,(H,21,22)/t18-/m1/s1. The van der Waals surface area contributed by atoms with Gasteiger partial charge in [-0.15, -0.1) is 0 Å². The normalized spacial score (nSPS) is 17.7. The summed E-state index contributed by atoms with van der Waals surface area (Å²) in [5.41, 5.74) is 5.64. The van der Waals surface area contributed by atoms with Gasteiger partial charge in [-0.1, -0.05) is 5.16 Å². The summed E-state index contributed by atoms with van der Waals surface area (Å²) in [6.45, 7) is 5.96. The zero-order valence-corrected chi connectivity index (χ0v) is 15.5. The third-order valence-electron chi connectivity index (χ3n) is 5.26. The Hall–Kier alpha value is -2.60. The van der Waals surface area contributed by atoms with Crippen molar-refractivity contribution in [1.29, 1.82) is 0 Å².